The second kappa shape index (κ2) is 7.60. The molecule has 7 aromatic rings. The summed E-state index contributed by atoms with van der Waals surface area (Å²) in [5.41, 5.74) is 8.75. The van der Waals surface area contributed by atoms with Crippen molar-refractivity contribution < 1.29 is 8.83 Å². The molecule has 5 aromatic carbocycles. The topological polar surface area (TPSA) is 73.9 Å². The van der Waals surface area contributed by atoms with Crippen LogP contribution in [0, 0.1) is 22.7 Å². The third kappa shape index (κ3) is 3.06. The summed E-state index contributed by atoms with van der Waals surface area (Å²) in [4.78, 5) is 0. The summed E-state index contributed by atoms with van der Waals surface area (Å²) in [6.07, 6.45) is 0. The minimum Gasteiger partial charge on any atom is -0.456 e. The van der Waals surface area contributed by atoms with E-state index in [1.165, 1.54) is 0 Å². The lowest BCUT2D eigenvalue weighted by Gasteiger charge is -2.02. The molecule has 0 N–H and O–H groups in total. The van der Waals surface area contributed by atoms with Crippen molar-refractivity contribution in [3.63, 3.8) is 0 Å². The molecule has 2 aromatic heterocycles. The van der Waals surface area contributed by atoms with Crippen LogP contribution < -0.4 is 0 Å². The van der Waals surface area contributed by atoms with E-state index >= 15 is 0 Å². The van der Waals surface area contributed by atoms with Crippen molar-refractivity contribution in [2.75, 3.05) is 0 Å². The maximum atomic E-state index is 9.08. The Balaban J connectivity index is 1.38. The zero-order chi connectivity index (χ0) is 24.2. The zero-order valence-electron chi connectivity index (χ0n) is 18.9. The molecule has 4 heteroatoms. The van der Waals surface area contributed by atoms with Gasteiger partial charge in [-0.2, -0.15) is 10.5 Å². The van der Waals surface area contributed by atoms with Gasteiger partial charge in [0.1, 0.15) is 22.3 Å². The van der Waals surface area contributed by atoms with Crippen LogP contribution in [0.3, 0.4) is 0 Å². The Morgan fingerprint density at radius 2 is 0.750 bits per heavy atom. The lowest BCUT2D eigenvalue weighted by Crippen LogP contribution is -1.79. The third-order valence-electron chi connectivity index (χ3n) is 6.76. The van der Waals surface area contributed by atoms with E-state index in [1.54, 1.807) is 0 Å². The lowest BCUT2D eigenvalue weighted by atomic mass is 10.0. The molecule has 0 aliphatic carbocycles. The molecule has 0 atom stereocenters. The number of fused-ring (bicyclic) bond motifs is 6. The molecule has 0 radical (unpaired) electrons. The molecule has 0 bridgehead atoms. The molecule has 0 aliphatic rings. The Morgan fingerprint density at radius 1 is 0.389 bits per heavy atom. The Kier molecular flexibility index (Phi) is 4.24. The Bertz CT molecular complexity index is 1890. The van der Waals surface area contributed by atoms with Crippen LogP contribution in [0.4, 0.5) is 0 Å². The lowest BCUT2D eigenvalue weighted by molar-refractivity contribution is 0.664. The van der Waals surface area contributed by atoms with Gasteiger partial charge in [-0.1, -0.05) is 36.4 Å². The summed E-state index contributed by atoms with van der Waals surface area (Å²) in [6, 6.07) is 35.9. The zero-order valence-corrected chi connectivity index (χ0v) is 18.9. The van der Waals surface area contributed by atoms with Crippen LogP contribution in [0.25, 0.3) is 66.1 Å². The SMILES string of the molecule is N#Cc1ccc(-c2ccc3oc4cc5c(cc4c3c2)oc2ccc(-c3ccc(C#N)cc3)cc25)cc1. The van der Waals surface area contributed by atoms with Crippen molar-refractivity contribution in [1.29, 1.82) is 10.5 Å². The van der Waals surface area contributed by atoms with E-state index in [4.69, 9.17) is 19.4 Å². The van der Waals surface area contributed by atoms with E-state index in [9.17, 15) is 0 Å². The van der Waals surface area contributed by atoms with E-state index in [0.717, 1.165) is 66.1 Å². The van der Waals surface area contributed by atoms with Gasteiger partial charge in [0.15, 0.2) is 0 Å². The molecule has 0 unspecified atom stereocenters. The first-order chi connectivity index (χ1) is 17.7. The fourth-order valence-corrected chi connectivity index (χ4v) is 4.88. The molecule has 2 heterocycles. The number of benzene rings is 5. The van der Waals surface area contributed by atoms with Gasteiger partial charge in [0, 0.05) is 21.5 Å². The van der Waals surface area contributed by atoms with Gasteiger partial charge in [0.05, 0.1) is 23.3 Å². The summed E-state index contributed by atoms with van der Waals surface area (Å²) in [5.74, 6) is 0. The van der Waals surface area contributed by atoms with Crippen molar-refractivity contribution in [2.45, 2.75) is 0 Å². The first-order valence-electron chi connectivity index (χ1n) is 11.5. The van der Waals surface area contributed by atoms with E-state index in [2.05, 4.69) is 36.4 Å². The van der Waals surface area contributed by atoms with Crippen molar-refractivity contribution in [3.05, 3.63) is 108 Å². The third-order valence-corrected chi connectivity index (χ3v) is 6.76. The van der Waals surface area contributed by atoms with Crippen molar-refractivity contribution >= 4 is 43.9 Å². The molecule has 0 aliphatic heterocycles. The smallest absolute Gasteiger partial charge is 0.136 e. The van der Waals surface area contributed by atoms with Gasteiger partial charge < -0.3 is 8.83 Å². The molecular weight excluding hydrogens is 444 g/mol. The molecule has 36 heavy (non-hydrogen) atoms. The minimum absolute atomic E-state index is 0.642. The normalized spacial score (nSPS) is 11.3. The molecule has 0 fully saturated rings. The fourth-order valence-electron chi connectivity index (χ4n) is 4.88. The van der Waals surface area contributed by atoms with Crippen molar-refractivity contribution in [1.82, 2.24) is 0 Å². The van der Waals surface area contributed by atoms with Crippen LogP contribution in [0.2, 0.25) is 0 Å². The highest BCUT2D eigenvalue weighted by Crippen LogP contribution is 2.39. The van der Waals surface area contributed by atoms with E-state index in [1.807, 2.05) is 72.8 Å². The van der Waals surface area contributed by atoms with E-state index < -0.39 is 0 Å². The Labute approximate surface area is 205 Å². The molecular formula is C32H16N2O2. The average Bonchev–Trinajstić information content (AvgIpc) is 3.48. The van der Waals surface area contributed by atoms with E-state index in [0.29, 0.717) is 11.1 Å². The van der Waals surface area contributed by atoms with Gasteiger partial charge in [-0.05, 0) is 82.9 Å². The van der Waals surface area contributed by atoms with Crippen LogP contribution in [-0.4, -0.2) is 0 Å². The predicted molar refractivity (Wildman–Crippen MR) is 141 cm³/mol. The summed E-state index contributed by atoms with van der Waals surface area (Å²) >= 11 is 0. The Morgan fingerprint density at radius 3 is 1.14 bits per heavy atom. The number of rotatable bonds is 2. The second-order valence-corrected chi connectivity index (χ2v) is 8.85. The van der Waals surface area contributed by atoms with Gasteiger partial charge in [-0.15, -0.1) is 0 Å². The predicted octanol–water partition coefficient (Wildman–Crippen LogP) is 8.56. The van der Waals surface area contributed by atoms with E-state index in [-0.39, 0.29) is 0 Å². The summed E-state index contributed by atoms with van der Waals surface area (Å²) in [5, 5.41) is 22.2. The highest BCUT2D eigenvalue weighted by atomic mass is 16.3. The second-order valence-electron chi connectivity index (χ2n) is 8.85. The molecule has 0 saturated heterocycles. The quantitative estimate of drug-likeness (QED) is 0.259. The largest absolute Gasteiger partial charge is 0.456 e. The number of furan rings is 2. The number of nitriles is 2. The van der Waals surface area contributed by atoms with Gasteiger partial charge >= 0.3 is 0 Å². The maximum Gasteiger partial charge on any atom is 0.136 e. The molecule has 0 amide bonds. The maximum absolute atomic E-state index is 9.08. The summed E-state index contributed by atoms with van der Waals surface area (Å²) in [6.45, 7) is 0. The highest BCUT2D eigenvalue weighted by Gasteiger charge is 2.15. The molecule has 4 nitrogen and oxygen atoms in total. The molecule has 7 rings (SSSR count). The number of nitrogens with zero attached hydrogens (tertiary/aromatic N) is 2. The van der Waals surface area contributed by atoms with Crippen molar-refractivity contribution in [2.24, 2.45) is 0 Å². The van der Waals surface area contributed by atoms with Gasteiger partial charge in [-0.3, -0.25) is 0 Å². The Hall–Kier alpha value is -5.32. The summed E-state index contributed by atoms with van der Waals surface area (Å²) < 4.78 is 12.5. The number of hydrogen-bond acceptors (Lipinski definition) is 4. The molecule has 0 saturated carbocycles. The average molecular weight is 460 g/mol. The van der Waals surface area contributed by atoms with Gasteiger partial charge in [0.25, 0.3) is 0 Å². The fraction of sp³-hybridized carbons (Fsp3) is 0. The first-order valence-corrected chi connectivity index (χ1v) is 11.5. The minimum atomic E-state index is 0.642. The van der Waals surface area contributed by atoms with Crippen LogP contribution in [0.15, 0.2) is 106 Å². The first kappa shape index (κ1) is 20.1. The number of hydrogen-bond donors (Lipinski definition) is 0. The van der Waals surface area contributed by atoms with Crippen LogP contribution in [0.5, 0.6) is 0 Å². The summed E-state index contributed by atoms with van der Waals surface area (Å²) in [7, 11) is 0. The van der Waals surface area contributed by atoms with Crippen LogP contribution >= 0.6 is 0 Å². The van der Waals surface area contributed by atoms with Gasteiger partial charge in [0.2, 0.25) is 0 Å². The monoisotopic (exact) mass is 460 g/mol. The standard InChI is InChI=1S/C32H16N2O2/c33-17-19-1-5-21(6-2-19)23-9-11-29-25(13-23)27-15-32-28(16-31(27)35-29)26-14-24(10-12-30(26)36-32)22-7-3-20(18-34)4-8-22/h1-16H. The van der Waals surface area contributed by atoms with Gasteiger partial charge in [-0.25, -0.2) is 0 Å². The molecule has 0 spiro atoms. The van der Waals surface area contributed by atoms with Crippen LogP contribution in [-0.2, 0) is 0 Å². The molecule has 166 valence electrons. The van der Waals surface area contributed by atoms with Crippen molar-refractivity contribution in [3.8, 4) is 34.4 Å². The highest BCUT2D eigenvalue weighted by molar-refractivity contribution is 6.15. The van der Waals surface area contributed by atoms with Crippen LogP contribution in [0.1, 0.15) is 11.1 Å².